The van der Waals surface area contributed by atoms with E-state index in [1.807, 2.05) is 0 Å². The quantitative estimate of drug-likeness (QED) is 0.283. The number of aliphatic carboxylic acids is 2. The minimum atomic E-state index is -4.63. The lowest BCUT2D eigenvalue weighted by atomic mass is 9.92. The summed E-state index contributed by atoms with van der Waals surface area (Å²) in [6, 6.07) is -6.27. The molecule has 3 heterocycles. The zero-order valence-electron chi connectivity index (χ0n) is 40.1. The van der Waals surface area contributed by atoms with E-state index in [-0.39, 0.29) is 0 Å². The van der Waals surface area contributed by atoms with Gasteiger partial charge in [-0.2, -0.15) is 4.98 Å². The molecule has 0 aliphatic carbocycles. The number of carbonyl (C=O) groups is 3. The maximum absolute atomic E-state index is 13.7. The van der Waals surface area contributed by atoms with Crippen molar-refractivity contribution in [2.45, 2.75) is 44.7 Å². The number of aromatic amines is 1. The Morgan fingerprint density at radius 1 is 1.72 bits per heavy atom. The van der Waals surface area contributed by atoms with Crippen LogP contribution in [0.5, 0.6) is 0 Å². The van der Waals surface area contributed by atoms with E-state index in [2.05, 4.69) is 15.2 Å². The topological polar surface area (TPSA) is 187 Å². The lowest BCUT2D eigenvalue weighted by Crippen LogP contribution is -2.40. The van der Waals surface area contributed by atoms with Crippen LogP contribution in [0.2, 0.25) is 7.06 Å². The van der Waals surface area contributed by atoms with Gasteiger partial charge in [-0.15, -0.1) is 11.3 Å². The largest absolute Gasteiger partial charge is 0.481 e. The Hall–Kier alpha value is -3.41. The fourth-order valence-corrected chi connectivity index (χ4v) is 2.72. The number of amides is 1. The van der Waals surface area contributed by atoms with Crippen LogP contribution < -0.4 is 21.9 Å². The molecule has 32 heavy (non-hydrogen) atoms. The van der Waals surface area contributed by atoms with E-state index in [0.29, 0.717) is 0 Å². The third-order valence-corrected chi connectivity index (χ3v) is 4.21. The van der Waals surface area contributed by atoms with Crippen molar-refractivity contribution in [3.05, 3.63) is 37.3 Å². The standard InChI is InChI=1S/C20H25N5O6S/c1-9-6-14(18(29)23-12(19(30)31)3-5-15(26)27)32-13(9)4-2-10-7-11-16(22-8-10)24-20(21)25-17(11)28/h6,10,12H,2-5,7-8H2,1H3,(H,23,29)(H,26,27)(H,30,31)(H4,21,22,24,25,28)/t10-,12-/m0/s1/i1D3,2D2,3D2,4D2,5D2,6D,7D2,8D2,10D,12D/hD7. The van der Waals surface area contributed by atoms with Crippen molar-refractivity contribution in [3.8, 4) is 0 Å². The molecule has 2 aromatic rings. The first-order valence-electron chi connectivity index (χ1n) is 19.9. The second-order valence-corrected chi connectivity index (χ2v) is 6.37. The molecule has 7 N–H and O–H groups in total. The summed E-state index contributed by atoms with van der Waals surface area (Å²) >= 11 is -0.630. The normalized spacial score (nSPS) is 35.9. The number of nitrogens with zero attached hydrogens (tertiary/aromatic N) is 1. The summed E-state index contributed by atoms with van der Waals surface area (Å²) in [6.07, 6.45) is -22.1. The first kappa shape index (κ1) is 7.04. The van der Waals surface area contributed by atoms with Gasteiger partial charge >= 0.3 is 11.9 Å². The number of fused-ring (bicyclic) bond motifs is 1. The van der Waals surface area contributed by atoms with E-state index < -0.39 is 152 Å². The Labute approximate surface area is 222 Å². The summed E-state index contributed by atoms with van der Waals surface area (Å²) in [7, 11) is 0. The van der Waals surface area contributed by atoms with Crippen molar-refractivity contribution in [1.29, 1.82) is 2.86 Å². The van der Waals surface area contributed by atoms with Crippen LogP contribution in [0.4, 0.5) is 11.8 Å². The van der Waals surface area contributed by atoms with Crippen molar-refractivity contribution in [2.24, 2.45) is 5.89 Å². The van der Waals surface area contributed by atoms with E-state index in [0.717, 1.165) is 0 Å². The molecule has 172 valence electrons. The first-order chi connectivity index (χ1) is 25.3. The number of carboxylic acid groups (broad SMARTS) is 2. The summed E-state index contributed by atoms with van der Waals surface area (Å²) in [5.41, 5.74) is -5.77. The Morgan fingerprint density at radius 2 is 2.59 bits per heavy atom. The zero-order valence-corrected chi connectivity index (χ0v) is 15.9. The molecule has 0 fully saturated rings. The number of thiophene rings is 1. The summed E-state index contributed by atoms with van der Waals surface area (Å²) in [6.45, 7) is -8.07. The number of nitrogen functional groups attached to an aromatic ring is 1. The number of aryl methyl sites for hydroxylation is 1. The molecule has 0 aromatic carbocycles. The number of hydrogen-bond acceptors (Lipinski definition) is 10. The van der Waals surface area contributed by atoms with Crippen LogP contribution in [0.25, 0.3) is 2.86 Å². The van der Waals surface area contributed by atoms with Gasteiger partial charge in [0.15, 0.2) is 7.06 Å². The molecule has 0 spiro atoms. The highest BCUT2D eigenvalue weighted by Crippen LogP contribution is 2.28. The predicted molar refractivity (Wildman–Crippen MR) is 118 cm³/mol. The lowest BCUT2D eigenvalue weighted by molar-refractivity contribution is -0.140. The molecule has 3 rings (SSSR count). The predicted octanol–water partition coefficient (Wildman–Crippen LogP) is 0.987. The van der Waals surface area contributed by atoms with Crippen molar-refractivity contribution in [2.75, 3.05) is 17.5 Å². The number of aromatic nitrogens is 2. The van der Waals surface area contributed by atoms with Gasteiger partial charge in [-0.25, -0.2) is 4.79 Å². The summed E-state index contributed by atoms with van der Waals surface area (Å²) in [4.78, 5) is 51.2. The molecule has 0 unspecified atom stereocenters. The Bertz CT molecular complexity index is 2050. The molecule has 0 radical (unpaired) electrons. The minimum Gasteiger partial charge on any atom is -0.481 e. The van der Waals surface area contributed by atoms with E-state index in [1.165, 1.54) is 0 Å². The smallest absolute Gasteiger partial charge is 0.326 e. The third-order valence-electron chi connectivity index (χ3n) is 3.22. The van der Waals surface area contributed by atoms with E-state index in [4.69, 9.17) is 34.6 Å². The summed E-state index contributed by atoms with van der Waals surface area (Å²) < 4.78 is 204. The highest BCUT2D eigenvalue weighted by atomic mass is 32.1. The van der Waals surface area contributed by atoms with Gasteiger partial charge in [0.25, 0.3) is 14.3 Å². The fraction of sp³-hybridized carbons (Fsp3) is 0.450. The summed E-state index contributed by atoms with van der Waals surface area (Å²) in [5.74, 6) is -14.7. The second-order valence-electron chi connectivity index (χ2n) is 5.35. The average molecular weight is 489 g/mol. The van der Waals surface area contributed by atoms with Gasteiger partial charge in [0, 0.05) is 39.7 Å². The van der Waals surface area contributed by atoms with Crippen molar-refractivity contribution in [1.82, 2.24) is 15.3 Å². The van der Waals surface area contributed by atoms with Crippen LogP contribution in [0, 0.1) is 12.7 Å². The number of nitrogens with one attached hydrogen (secondary N) is 3. The molecule has 0 saturated carbocycles. The molecule has 12 heteroatoms. The molecule has 1 amide bonds. The molecule has 0 bridgehead atoms. The number of carboxylic acids is 2. The second kappa shape index (κ2) is 9.81. The van der Waals surface area contributed by atoms with E-state index >= 15 is 0 Å². The van der Waals surface area contributed by atoms with Crippen LogP contribution in [0.3, 0.4) is 0 Å². The van der Waals surface area contributed by atoms with Crippen LogP contribution in [0.15, 0.2) is 10.8 Å². The third kappa shape index (κ3) is 5.63. The number of carbonyl (C=O) groups excluding carboxylic acids is 1. The number of anilines is 2. The Morgan fingerprint density at radius 3 is 3.34 bits per heavy atom. The van der Waals surface area contributed by atoms with Gasteiger partial charge in [-0.05, 0) is 49.8 Å². The molecule has 2 atom stereocenters. The van der Waals surface area contributed by atoms with Crippen molar-refractivity contribution < 1.29 is 56.3 Å². The molecule has 2 aromatic heterocycles. The number of H-pyrrole nitrogens is 1. The van der Waals surface area contributed by atoms with E-state index in [9.17, 15) is 19.2 Å². The fourth-order valence-electron chi connectivity index (χ4n) is 1.97. The molecular weight excluding hydrogens is 438 g/mol. The highest BCUT2D eigenvalue weighted by molar-refractivity contribution is 7.14. The van der Waals surface area contributed by atoms with Crippen molar-refractivity contribution in [3.63, 3.8) is 0 Å². The molecule has 11 nitrogen and oxygen atoms in total. The molecule has 1 aliphatic heterocycles. The lowest BCUT2D eigenvalue weighted by Gasteiger charge is -2.24. The SMILES string of the molecule is [2H]OC(=O)C([2H])([2H])C([2H])([2H])[C@@]([2H])(C(=O)O[2H])N([2H])C(=O)c1sc(C([2H])([2H])C([2H])([2H])[C@@]2([2H])C([2H])([2H])c3c(nc(N([2H])[2H])n([2H])c3=O)N([2H])C2([2H])[2H])c(C([2H])([2H])[2H])c1[2H]. The number of hydrogen-bond donors (Lipinski definition) is 6. The Balaban J connectivity index is 2.44. The van der Waals surface area contributed by atoms with Crippen LogP contribution in [-0.2, 0) is 22.3 Å². The summed E-state index contributed by atoms with van der Waals surface area (Å²) in [5, 5.41) is 5.11. The van der Waals surface area contributed by atoms with Gasteiger partial charge in [-0.1, -0.05) is 0 Å². The van der Waals surface area contributed by atoms with Gasteiger partial charge in [0.1, 0.15) is 11.8 Å². The van der Waals surface area contributed by atoms with Crippen LogP contribution >= 0.6 is 11.3 Å². The molecule has 0 saturated heterocycles. The number of nitrogens with two attached hydrogens (primary N) is 1. The highest BCUT2D eigenvalue weighted by Gasteiger charge is 2.25. The van der Waals surface area contributed by atoms with Gasteiger partial charge in [0.2, 0.25) is 5.95 Å². The van der Waals surface area contributed by atoms with Gasteiger partial charge < -0.3 is 26.6 Å². The number of rotatable bonds is 10. The van der Waals surface area contributed by atoms with Crippen molar-refractivity contribution >= 4 is 40.9 Å². The Kier molecular flexibility index (Phi) is 2.16. The maximum Gasteiger partial charge on any atom is 0.326 e. The van der Waals surface area contributed by atoms with Gasteiger partial charge in [0.05, 0.1) is 13.2 Å². The van der Waals surface area contributed by atoms with Crippen LogP contribution in [-0.4, -0.2) is 50.5 Å². The maximum atomic E-state index is 13.7. The average Bonchev–Trinajstić information content (AvgIpc) is 3.46. The van der Waals surface area contributed by atoms with Crippen LogP contribution in [0.1, 0.15) is 69.5 Å². The first-order valence-corrected chi connectivity index (χ1v) is 8.71. The van der Waals surface area contributed by atoms with Gasteiger partial charge in [-0.3, -0.25) is 19.4 Å². The zero-order chi connectivity index (χ0) is 45.0. The van der Waals surface area contributed by atoms with E-state index in [1.54, 1.807) is 0 Å². The molecular formula is C20H25N5O6S. The minimum absolute atomic E-state index is 0.425. The molecule has 1 aliphatic rings. The monoisotopic (exact) mass is 488 g/mol.